The Bertz CT molecular complexity index is 958. The van der Waals surface area contributed by atoms with Gasteiger partial charge in [0.2, 0.25) is 0 Å². The van der Waals surface area contributed by atoms with E-state index in [9.17, 15) is 9.59 Å². The Balaban J connectivity index is 1.86. The number of amides is 2. The molecule has 7 nitrogen and oxygen atoms in total. The Hall–Kier alpha value is -3.06. The van der Waals surface area contributed by atoms with Gasteiger partial charge in [-0.25, -0.2) is 9.86 Å². The lowest BCUT2D eigenvalue weighted by Gasteiger charge is -2.30. The number of benzene rings is 2. The molecule has 33 heavy (non-hydrogen) atoms. The number of nitrogens with one attached hydrogen (secondary N) is 1. The maximum Gasteiger partial charge on any atom is 0.408 e. The highest BCUT2D eigenvalue weighted by molar-refractivity contribution is 5.85. The van der Waals surface area contributed by atoms with Gasteiger partial charge in [0.1, 0.15) is 11.6 Å². The van der Waals surface area contributed by atoms with Gasteiger partial charge in [0.25, 0.3) is 5.91 Å². The molecule has 0 spiro atoms. The lowest BCUT2D eigenvalue weighted by Crippen LogP contribution is -2.49. The third-order valence-corrected chi connectivity index (χ3v) is 5.98. The fraction of sp³-hybridized carbons (Fsp3) is 0.462. The first-order chi connectivity index (χ1) is 15.6. The second-order valence-electron chi connectivity index (χ2n) is 9.47. The Morgan fingerprint density at radius 3 is 2.36 bits per heavy atom. The maximum absolute atomic E-state index is 13.1. The number of fused-ring (bicyclic) bond motifs is 1. The second-order valence-corrected chi connectivity index (χ2v) is 9.47. The van der Waals surface area contributed by atoms with Gasteiger partial charge in [-0.15, -0.1) is 0 Å². The van der Waals surface area contributed by atoms with Crippen LogP contribution in [-0.2, 0) is 20.9 Å². The van der Waals surface area contributed by atoms with Crippen molar-refractivity contribution in [2.75, 3.05) is 19.1 Å². The van der Waals surface area contributed by atoms with Gasteiger partial charge >= 0.3 is 6.09 Å². The average Bonchev–Trinajstić information content (AvgIpc) is 3.03. The monoisotopic (exact) mass is 453 g/mol. The molecule has 7 heteroatoms. The van der Waals surface area contributed by atoms with E-state index in [4.69, 9.17) is 9.57 Å². The van der Waals surface area contributed by atoms with Crippen LogP contribution in [0.4, 0.5) is 10.5 Å². The summed E-state index contributed by atoms with van der Waals surface area (Å²) in [6, 6.07) is 17.9. The van der Waals surface area contributed by atoms with Gasteiger partial charge in [-0.05, 0) is 51.3 Å². The van der Waals surface area contributed by atoms with Crippen LogP contribution in [0.25, 0.3) is 0 Å². The van der Waals surface area contributed by atoms with Crippen molar-refractivity contribution in [1.29, 1.82) is 0 Å². The van der Waals surface area contributed by atoms with Crippen LogP contribution in [0, 0.1) is 0 Å². The Morgan fingerprint density at radius 2 is 1.73 bits per heavy atom. The molecular formula is C26H35N3O4. The minimum Gasteiger partial charge on any atom is -0.444 e. The van der Waals surface area contributed by atoms with Gasteiger partial charge < -0.3 is 15.0 Å². The molecule has 1 aliphatic rings. The van der Waals surface area contributed by atoms with Gasteiger partial charge in [-0.3, -0.25) is 9.63 Å². The van der Waals surface area contributed by atoms with E-state index >= 15 is 0 Å². The molecule has 2 aromatic rings. The van der Waals surface area contributed by atoms with Crippen LogP contribution in [0.3, 0.4) is 0 Å². The van der Waals surface area contributed by atoms with Crippen LogP contribution in [0.2, 0.25) is 0 Å². The Kier molecular flexibility index (Phi) is 7.64. The summed E-state index contributed by atoms with van der Waals surface area (Å²) in [6.45, 7) is 8.32. The van der Waals surface area contributed by atoms with Crippen LogP contribution in [0.15, 0.2) is 54.6 Å². The highest BCUT2D eigenvalue weighted by atomic mass is 16.7. The number of nitrogens with zero attached hydrogens (tertiary/aromatic N) is 2. The molecule has 0 saturated heterocycles. The molecule has 3 unspecified atom stereocenters. The minimum absolute atomic E-state index is 0.0408. The average molecular weight is 454 g/mol. The molecule has 2 aromatic carbocycles. The quantitative estimate of drug-likeness (QED) is 0.626. The summed E-state index contributed by atoms with van der Waals surface area (Å²) in [5, 5.41) is 3.93. The summed E-state index contributed by atoms with van der Waals surface area (Å²) in [4.78, 5) is 33.1. The first-order valence-corrected chi connectivity index (χ1v) is 11.3. The molecule has 0 aliphatic carbocycles. The summed E-state index contributed by atoms with van der Waals surface area (Å²) in [5.41, 5.74) is 2.88. The third kappa shape index (κ3) is 6.05. The molecule has 2 amide bonds. The first kappa shape index (κ1) is 24.6. The number of carbonyl (C=O) groups excluding carboxylic acids is 2. The van der Waals surface area contributed by atoms with Gasteiger partial charge in [0.05, 0.1) is 7.11 Å². The fourth-order valence-electron chi connectivity index (χ4n) is 4.33. The van der Waals surface area contributed by atoms with E-state index < -0.39 is 17.7 Å². The molecule has 1 heterocycles. The molecule has 1 aliphatic heterocycles. The SMILES string of the molecule is CON(C)C(=O)C(CC1c2ccccc2N(Cc2ccccc2)C1C)NC(=O)OC(C)(C)C. The van der Waals surface area contributed by atoms with E-state index in [-0.39, 0.29) is 17.9 Å². The number of ether oxygens (including phenoxy) is 1. The van der Waals surface area contributed by atoms with E-state index in [0.29, 0.717) is 6.42 Å². The number of hydrogen-bond acceptors (Lipinski definition) is 5. The van der Waals surface area contributed by atoms with Crippen molar-refractivity contribution >= 4 is 17.7 Å². The highest BCUT2D eigenvalue weighted by Crippen LogP contribution is 2.44. The zero-order valence-electron chi connectivity index (χ0n) is 20.4. The second kappa shape index (κ2) is 10.3. The summed E-state index contributed by atoms with van der Waals surface area (Å²) >= 11 is 0. The van der Waals surface area contributed by atoms with E-state index in [0.717, 1.165) is 17.3 Å². The van der Waals surface area contributed by atoms with Gasteiger partial charge in [-0.2, -0.15) is 0 Å². The molecule has 0 radical (unpaired) electrons. The number of alkyl carbamates (subject to hydrolysis) is 1. The molecule has 1 N–H and O–H groups in total. The lowest BCUT2D eigenvalue weighted by molar-refractivity contribution is -0.171. The molecule has 0 fully saturated rings. The number of carbonyl (C=O) groups is 2. The molecule has 0 bridgehead atoms. The Labute approximate surface area is 196 Å². The molecule has 0 saturated carbocycles. The maximum atomic E-state index is 13.1. The van der Waals surface area contributed by atoms with E-state index in [1.165, 1.54) is 18.2 Å². The zero-order valence-corrected chi connectivity index (χ0v) is 20.4. The van der Waals surface area contributed by atoms with Crippen LogP contribution >= 0.6 is 0 Å². The van der Waals surface area contributed by atoms with Crippen molar-refractivity contribution in [3.05, 3.63) is 65.7 Å². The van der Waals surface area contributed by atoms with Crippen molar-refractivity contribution in [3.63, 3.8) is 0 Å². The summed E-state index contributed by atoms with van der Waals surface area (Å²) in [5.74, 6) is -0.284. The normalized spacial score (nSPS) is 18.4. The molecule has 3 atom stereocenters. The topological polar surface area (TPSA) is 71.1 Å². The standard InChI is InChI=1S/C26H35N3O4/c1-18-21(16-22(24(30)28(5)32-6)27-25(31)33-26(2,3)4)20-14-10-11-15-23(20)29(18)17-19-12-8-7-9-13-19/h7-15,18,21-22H,16-17H2,1-6H3,(H,27,31). The number of para-hydroxylation sites is 1. The van der Waals surface area contributed by atoms with Gasteiger partial charge in [0, 0.05) is 31.2 Å². The minimum atomic E-state index is -0.790. The van der Waals surface area contributed by atoms with Crippen LogP contribution in [0.5, 0.6) is 0 Å². The smallest absolute Gasteiger partial charge is 0.408 e. The fourth-order valence-corrected chi connectivity index (χ4v) is 4.33. The van der Waals surface area contributed by atoms with Gasteiger partial charge in [-0.1, -0.05) is 48.5 Å². The van der Waals surface area contributed by atoms with E-state index in [1.807, 2.05) is 30.3 Å². The summed E-state index contributed by atoms with van der Waals surface area (Å²) < 4.78 is 5.42. The summed E-state index contributed by atoms with van der Waals surface area (Å²) in [6.07, 6.45) is -0.194. The predicted octanol–water partition coefficient (Wildman–Crippen LogP) is 4.48. The third-order valence-electron chi connectivity index (χ3n) is 5.98. The van der Waals surface area contributed by atoms with E-state index in [2.05, 4.69) is 41.4 Å². The predicted molar refractivity (Wildman–Crippen MR) is 129 cm³/mol. The van der Waals surface area contributed by atoms with Crippen molar-refractivity contribution in [2.45, 2.75) is 64.3 Å². The van der Waals surface area contributed by atoms with Crippen molar-refractivity contribution in [3.8, 4) is 0 Å². The Morgan fingerprint density at radius 1 is 1.09 bits per heavy atom. The van der Waals surface area contributed by atoms with Crippen LogP contribution in [-0.4, -0.2) is 48.9 Å². The van der Waals surface area contributed by atoms with Gasteiger partial charge in [0.15, 0.2) is 0 Å². The van der Waals surface area contributed by atoms with Crippen molar-refractivity contribution in [1.82, 2.24) is 10.4 Å². The highest BCUT2D eigenvalue weighted by Gasteiger charge is 2.39. The first-order valence-electron chi connectivity index (χ1n) is 11.3. The van der Waals surface area contributed by atoms with Crippen LogP contribution in [0.1, 0.15) is 51.2 Å². The van der Waals surface area contributed by atoms with Crippen LogP contribution < -0.4 is 10.2 Å². The lowest BCUT2D eigenvalue weighted by atomic mass is 9.89. The number of rotatable bonds is 7. The van der Waals surface area contributed by atoms with E-state index in [1.54, 1.807) is 27.8 Å². The molecular weight excluding hydrogens is 418 g/mol. The number of anilines is 1. The number of hydrogen-bond donors (Lipinski definition) is 1. The summed E-state index contributed by atoms with van der Waals surface area (Å²) in [7, 11) is 2.97. The van der Waals surface area contributed by atoms with Crippen molar-refractivity contribution < 1.29 is 19.2 Å². The number of likely N-dealkylation sites (N-methyl/N-ethyl adjacent to an activating group) is 1. The van der Waals surface area contributed by atoms with Crippen molar-refractivity contribution in [2.24, 2.45) is 0 Å². The zero-order chi connectivity index (χ0) is 24.2. The molecule has 178 valence electrons. The molecule has 3 rings (SSSR count). The molecule has 0 aromatic heterocycles. The number of hydroxylamine groups is 2. The largest absolute Gasteiger partial charge is 0.444 e.